The first-order chi connectivity index (χ1) is 15.4. The van der Waals surface area contributed by atoms with E-state index < -0.39 is 6.04 Å². The van der Waals surface area contributed by atoms with E-state index in [9.17, 15) is 14.0 Å². The van der Waals surface area contributed by atoms with E-state index in [2.05, 4.69) is 5.32 Å². The number of amides is 2. The summed E-state index contributed by atoms with van der Waals surface area (Å²) in [6, 6.07) is 22.3. The molecule has 3 aromatic rings. The van der Waals surface area contributed by atoms with Gasteiger partial charge in [0.15, 0.2) is 0 Å². The molecule has 4 nitrogen and oxygen atoms in total. The molecule has 1 N–H and O–H groups in total. The zero-order valence-electron chi connectivity index (χ0n) is 17.9. The molecule has 1 atom stereocenters. The minimum Gasteiger partial charge on any atom is -0.350 e. The van der Waals surface area contributed by atoms with Crippen molar-refractivity contribution >= 4 is 23.4 Å². The summed E-state index contributed by atoms with van der Waals surface area (Å²) in [5, 5.41) is 3.44. The molecule has 0 saturated heterocycles. The van der Waals surface area contributed by atoms with E-state index in [1.807, 2.05) is 48.5 Å². The van der Waals surface area contributed by atoms with Crippen LogP contribution in [-0.4, -0.2) is 22.8 Å². The molecule has 0 unspecified atom stereocenters. The highest BCUT2D eigenvalue weighted by atomic mass is 35.5. The molecule has 166 valence electrons. The molecule has 32 heavy (non-hydrogen) atoms. The Morgan fingerprint density at radius 2 is 1.59 bits per heavy atom. The SMILES string of the molecule is C[C@H](C(=O)NCc1ccccc1Cl)N(Cc1ccc(F)cc1)C(=O)CCc1ccccc1. The number of nitrogens with zero attached hydrogens (tertiary/aromatic N) is 1. The third kappa shape index (κ3) is 6.66. The van der Waals surface area contributed by atoms with Crippen LogP contribution >= 0.6 is 11.6 Å². The highest BCUT2D eigenvalue weighted by Gasteiger charge is 2.26. The van der Waals surface area contributed by atoms with Gasteiger partial charge >= 0.3 is 0 Å². The lowest BCUT2D eigenvalue weighted by molar-refractivity contribution is -0.140. The van der Waals surface area contributed by atoms with E-state index in [0.29, 0.717) is 11.4 Å². The number of halogens is 2. The van der Waals surface area contributed by atoms with E-state index in [1.54, 1.807) is 25.1 Å². The molecule has 0 bridgehead atoms. The quantitative estimate of drug-likeness (QED) is 0.488. The van der Waals surface area contributed by atoms with Crippen LogP contribution in [0.25, 0.3) is 0 Å². The number of carbonyl (C=O) groups is 2. The Morgan fingerprint density at radius 3 is 2.28 bits per heavy atom. The minimum absolute atomic E-state index is 0.140. The number of aryl methyl sites for hydroxylation is 1. The molecule has 0 aliphatic carbocycles. The van der Waals surface area contributed by atoms with Crippen LogP contribution < -0.4 is 5.32 Å². The van der Waals surface area contributed by atoms with E-state index >= 15 is 0 Å². The first-order valence-corrected chi connectivity index (χ1v) is 10.9. The fourth-order valence-corrected chi connectivity index (χ4v) is 3.58. The maximum Gasteiger partial charge on any atom is 0.242 e. The summed E-state index contributed by atoms with van der Waals surface area (Å²) in [7, 11) is 0. The van der Waals surface area contributed by atoms with Crippen molar-refractivity contribution in [3.05, 3.63) is 106 Å². The van der Waals surface area contributed by atoms with Gasteiger partial charge in [-0.05, 0) is 48.2 Å². The maximum atomic E-state index is 13.3. The number of hydrogen-bond donors (Lipinski definition) is 1. The van der Waals surface area contributed by atoms with Gasteiger partial charge in [-0.15, -0.1) is 0 Å². The molecule has 6 heteroatoms. The molecule has 0 heterocycles. The summed E-state index contributed by atoms with van der Waals surface area (Å²) in [6.07, 6.45) is 0.848. The van der Waals surface area contributed by atoms with Gasteiger partial charge in [0.25, 0.3) is 0 Å². The molecule has 3 aromatic carbocycles. The fourth-order valence-electron chi connectivity index (χ4n) is 3.38. The number of nitrogens with one attached hydrogen (secondary N) is 1. The van der Waals surface area contributed by atoms with Crippen LogP contribution in [0.15, 0.2) is 78.9 Å². The molecule has 0 aliphatic rings. The normalized spacial score (nSPS) is 11.6. The van der Waals surface area contributed by atoms with E-state index in [0.717, 1.165) is 16.7 Å². The van der Waals surface area contributed by atoms with Crippen LogP contribution in [0.2, 0.25) is 5.02 Å². The summed E-state index contributed by atoms with van der Waals surface area (Å²) in [5.41, 5.74) is 2.61. The van der Waals surface area contributed by atoms with Crippen molar-refractivity contribution in [2.24, 2.45) is 0 Å². The second kappa shape index (κ2) is 11.4. The topological polar surface area (TPSA) is 49.4 Å². The summed E-state index contributed by atoms with van der Waals surface area (Å²) < 4.78 is 13.3. The summed E-state index contributed by atoms with van der Waals surface area (Å²) in [6.45, 7) is 2.19. The Morgan fingerprint density at radius 1 is 0.938 bits per heavy atom. The summed E-state index contributed by atoms with van der Waals surface area (Å²) in [4.78, 5) is 27.5. The molecule has 0 aromatic heterocycles. The Bertz CT molecular complexity index is 1040. The predicted molar refractivity (Wildman–Crippen MR) is 124 cm³/mol. The van der Waals surface area contributed by atoms with Crippen LogP contribution in [0.1, 0.15) is 30.0 Å². The maximum absolute atomic E-state index is 13.3. The third-order valence-corrected chi connectivity index (χ3v) is 5.68. The monoisotopic (exact) mass is 452 g/mol. The van der Waals surface area contributed by atoms with Gasteiger partial charge in [-0.25, -0.2) is 4.39 Å². The van der Waals surface area contributed by atoms with E-state index in [-0.39, 0.29) is 37.1 Å². The van der Waals surface area contributed by atoms with Gasteiger partial charge in [0.2, 0.25) is 11.8 Å². The van der Waals surface area contributed by atoms with Gasteiger partial charge in [0.05, 0.1) is 0 Å². The van der Waals surface area contributed by atoms with Gasteiger partial charge < -0.3 is 10.2 Å². The summed E-state index contributed by atoms with van der Waals surface area (Å²) >= 11 is 6.17. The van der Waals surface area contributed by atoms with Gasteiger partial charge in [-0.2, -0.15) is 0 Å². The lowest BCUT2D eigenvalue weighted by Gasteiger charge is -2.29. The van der Waals surface area contributed by atoms with Gasteiger partial charge in [-0.3, -0.25) is 9.59 Å². The lowest BCUT2D eigenvalue weighted by atomic mass is 10.1. The van der Waals surface area contributed by atoms with Crippen LogP contribution in [0.4, 0.5) is 4.39 Å². The predicted octanol–water partition coefficient (Wildman–Crippen LogP) is 5.15. The second-order valence-electron chi connectivity index (χ2n) is 7.62. The van der Waals surface area contributed by atoms with Gasteiger partial charge in [-0.1, -0.05) is 72.3 Å². The zero-order valence-corrected chi connectivity index (χ0v) is 18.7. The largest absolute Gasteiger partial charge is 0.350 e. The lowest BCUT2D eigenvalue weighted by Crippen LogP contribution is -2.47. The average Bonchev–Trinajstić information content (AvgIpc) is 2.81. The van der Waals surface area contributed by atoms with Crippen molar-refractivity contribution < 1.29 is 14.0 Å². The van der Waals surface area contributed by atoms with Crippen molar-refractivity contribution in [3.63, 3.8) is 0 Å². The third-order valence-electron chi connectivity index (χ3n) is 5.31. The highest BCUT2D eigenvalue weighted by Crippen LogP contribution is 2.16. The van der Waals surface area contributed by atoms with Crippen LogP contribution in [0, 0.1) is 5.82 Å². The standard InChI is InChI=1S/C26H26ClFN2O2/c1-19(26(32)29-17-22-9-5-6-10-24(22)27)30(18-21-11-14-23(28)15-12-21)25(31)16-13-20-7-3-2-4-8-20/h2-12,14-15,19H,13,16-18H2,1H3,(H,29,32)/t19-/m1/s1. The Kier molecular flexibility index (Phi) is 8.40. The van der Waals surface area contributed by atoms with Crippen molar-refractivity contribution in [3.8, 4) is 0 Å². The van der Waals surface area contributed by atoms with E-state index in [1.165, 1.54) is 17.0 Å². The summed E-state index contributed by atoms with van der Waals surface area (Å²) in [5.74, 6) is -0.764. The van der Waals surface area contributed by atoms with Crippen molar-refractivity contribution in [2.75, 3.05) is 0 Å². The Labute approximate surface area is 193 Å². The number of rotatable bonds is 9. The zero-order chi connectivity index (χ0) is 22.9. The highest BCUT2D eigenvalue weighted by molar-refractivity contribution is 6.31. The number of benzene rings is 3. The van der Waals surface area contributed by atoms with Gasteiger partial charge in [0.1, 0.15) is 11.9 Å². The second-order valence-corrected chi connectivity index (χ2v) is 8.03. The number of carbonyl (C=O) groups excluding carboxylic acids is 2. The average molecular weight is 453 g/mol. The smallest absolute Gasteiger partial charge is 0.242 e. The molecule has 0 radical (unpaired) electrons. The van der Waals surface area contributed by atoms with Crippen molar-refractivity contribution in [1.29, 1.82) is 0 Å². The molecule has 0 aliphatic heterocycles. The molecule has 2 amide bonds. The minimum atomic E-state index is -0.703. The molecule has 0 spiro atoms. The van der Waals surface area contributed by atoms with Crippen LogP contribution in [0.3, 0.4) is 0 Å². The van der Waals surface area contributed by atoms with Crippen molar-refractivity contribution in [1.82, 2.24) is 10.2 Å². The first-order valence-electron chi connectivity index (χ1n) is 10.5. The first kappa shape index (κ1) is 23.5. The van der Waals surface area contributed by atoms with E-state index in [4.69, 9.17) is 11.6 Å². The fraction of sp³-hybridized carbons (Fsp3) is 0.231. The molecular weight excluding hydrogens is 427 g/mol. The number of hydrogen-bond acceptors (Lipinski definition) is 2. The molecular formula is C26H26ClFN2O2. The molecule has 0 saturated carbocycles. The molecule has 0 fully saturated rings. The Balaban J connectivity index is 1.70. The Hall–Kier alpha value is -3.18. The van der Waals surface area contributed by atoms with Crippen LogP contribution in [-0.2, 0) is 29.1 Å². The van der Waals surface area contributed by atoms with Gasteiger partial charge in [0, 0.05) is 24.5 Å². The van der Waals surface area contributed by atoms with Crippen LogP contribution in [0.5, 0.6) is 0 Å². The van der Waals surface area contributed by atoms with Crippen molar-refractivity contribution in [2.45, 2.75) is 38.9 Å². The molecule has 3 rings (SSSR count).